The normalized spacial score (nSPS) is 16.2. The van der Waals surface area contributed by atoms with Gasteiger partial charge in [0, 0.05) is 25.8 Å². The Bertz CT molecular complexity index is 658. The van der Waals surface area contributed by atoms with E-state index in [0.717, 1.165) is 25.7 Å². The van der Waals surface area contributed by atoms with Crippen LogP contribution in [0.1, 0.15) is 36.0 Å². The standard InChI is InChI=1S/C16H25N3O4S.ClH/c1-23-11-10-18-24(21,22)14-6-4-13(5-7-14)15(20)19-16(12-17)8-2-3-9-16;/h4-7,18H,2-3,8-12,17H2,1H3,(H,19,20);1H. The number of methoxy groups -OCH3 is 1. The highest BCUT2D eigenvalue weighted by atomic mass is 35.5. The molecule has 0 spiro atoms. The van der Waals surface area contributed by atoms with E-state index in [4.69, 9.17) is 10.5 Å². The topological polar surface area (TPSA) is 111 Å². The lowest BCUT2D eigenvalue weighted by Gasteiger charge is -2.28. The maximum absolute atomic E-state index is 12.4. The number of amides is 1. The van der Waals surface area contributed by atoms with E-state index in [1.807, 2.05) is 0 Å². The molecular formula is C16H26ClN3O4S. The minimum absolute atomic E-state index is 0. The molecule has 0 saturated heterocycles. The smallest absolute Gasteiger partial charge is 0.251 e. The minimum Gasteiger partial charge on any atom is -0.383 e. The first-order valence-electron chi connectivity index (χ1n) is 8.04. The lowest BCUT2D eigenvalue weighted by molar-refractivity contribution is 0.0903. The van der Waals surface area contributed by atoms with Gasteiger partial charge >= 0.3 is 0 Å². The van der Waals surface area contributed by atoms with E-state index in [0.29, 0.717) is 18.7 Å². The number of carbonyl (C=O) groups excluding carboxylic acids is 1. The molecule has 1 saturated carbocycles. The van der Waals surface area contributed by atoms with Gasteiger partial charge in [-0.1, -0.05) is 12.8 Å². The first-order chi connectivity index (χ1) is 11.4. The molecule has 25 heavy (non-hydrogen) atoms. The van der Waals surface area contributed by atoms with Gasteiger partial charge in [-0.05, 0) is 37.1 Å². The summed E-state index contributed by atoms with van der Waals surface area (Å²) in [6, 6.07) is 5.88. The summed E-state index contributed by atoms with van der Waals surface area (Å²) in [5.41, 5.74) is 5.91. The summed E-state index contributed by atoms with van der Waals surface area (Å²) in [4.78, 5) is 12.5. The van der Waals surface area contributed by atoms with Crippen LogP contribution in [0.2, 0.25) is 0 Å². The van der Waals surface area contributed by atoms with Gasteiger partial charge in [-0.2, -0.15) is 0 Å². The SMILES string of the molecule is COCCNS(=O)(=O)c1ccc(C(=O)NC2(CN)CCCC2)cc1.Cl. The van der Waals surface area contributed by atoms with Crippen LogP contribution >= 0.6 is 12.4 Å². The van der Waals surface area contributed by atoms with Crippen molar-refractivity contribution in [2.24, 2.45) is 5.73 Å². The lowest BCUT2D eigenvalue weighted by atomic mass is 9.97. The Morgan fingerprint density at radius 2 is 1.84 bits per heavy atom. The predicted molar refractivity (Wildman–Crippen MR) is 98.5 cm³/mol. The van der Waals surface area contributed by atoms with Gasteiger partial charge in [0.05, 0.1) is 17.0 Å². The average Bonchev–Trinajstić information content (AvgIpc) is 3.04. The van der Waals surface area contributed by atoms with E-state index in [1.54, 1.807) is 0 Å². The molecule has 0 bridgehead atoms. The maximum Gasteiger partial charge on any atom is 0.251 e. The van der Waals surface area contributed by atoms with Crippen molar-refractivity contribution >= 4 is 28.3 Å². The molecule has 4 N–H and O–H groups in total. The molecule has 9 heteroatoms. The van der Waals surface area contributed by atoms with Gasteiger partial charge in [-0.25, -0.2) is 13.1 Å². The van der Waals surface area contributed by atoms with Crippen LogP contribution in [0.3, 0.4) is 0 Å². The number of benzene rings is 1. The molecule has 0 radical (unpaired) electrons. The van der Waals surface area contributed by atoms with Crippen LogP contribution in [-0.4, -0.2) is 46.7 Å². The zero-order valence-electron chi connectivity index (χ0n) is 14.3. The third-order valence-corrected chi connectivity index (χ3v) is 5.83. The summed E-state index contributed by atoms with van der Waals surface area (Å²) in [5, 5.41) is 3.01. The van der Waals surface area contributed by atoms with E-state index < -0.39 is 10.0 Å². The Labute approximate surface area is 155 Å². The summed E-state index contributed by atoms with van der Waals surface area (Å²) in [6.07, 6.45) is 3.87. The lowest BCUT2D eigenvalue weighted by Crippen LogP contribution is -2.51. The summed E-state index contributed by atoms with van der Waals surface area (Å²) in [6.45, 7) is 0.898. The molecule has 0 unspecified atom stereocenters. The Morgan fingerprint density at radius 3 is 2.36 bits per heavy atom. The highest BCUT2D eigenvalue weighted by Gasteiger charge is 2.34. The number of hydrogen-bond acceptors (Lipinski definition) is 5. The number of hydrogen-bond donors (Lipinski definition) is 3. The fraction of sp³-hybridized carbons (Fsp3) is 0.562. The summed E-state index contributed by atoms with van der Waals surface area (Å²) >= 11 is 0. The van der Waals surface area contributed by atoms with Gasteiger partial charge in [-0.15, -0.1) is 12.4 Å². The molecule has 1 aliphatic rings. The zero-order valence-corrected chi connectivity index (χ0v) is 15.9. The van der Waals surface area contributed by atoms with Gasteiger partial charge in [0.25, 0.3) is 5.91 Å². The van der Waals surface area contributed by atoms with Crippen molar-refractivity contribution in [3.63, 3.8) is 0 Å². The van der Waals surface area contributed by atoms with Crippen LogP contribution in [0, 0.1) is 0 Å². The number of rotatable bonds is 8. The van der Waals surface area contributed by atoms with Gasteiger partial charge in [0.1, 0.15) is 0 Å². The van der Waals surface area contributed by atoms with Crippen LogP contribution in [0.25, 0.3) is 0 Å². The zero-order chi connectivity index (χ0) is 17.6. The van der Waals surface area contributed by atoms with E-state index in [9.17, 15) is 13.2 Å². The quantitative estimate of drug-likeness (QED) is 0.573. The fourth-order valence-electron chi connectivity index (χ4n) is 2.89. The van der Waals surface area contributed by atoms with E-state index >= 15 is 0 Å². The van der Waals surface area contributed by atoms with Crippen molar-refractivity contribution in [1.29, 1.82) is 0 Å². The first-order valence-corrected chi connectivity index (χ1v) is 9.52. The first kappa shape index (κ1) is 21.9. The van der Waals surface area contributed by atoms with Crippen LogP contribution in [0.15, 0.2) is 29.2 Å². The van der Waals surface area contributed by atoms with Crippen molar-refractivity contribution in [2.75, 3.05) is 26.8 Å². The Morgan fingerprint density at radius 1 is 1.24 bits per heavy atom. The minimum atomic E-state index is -3.60. The molecule has 142 valence electrons. The van der Waals surface area contributed by atoms with Gasteiger partial charge in [0.15, 0.2) is 0 Å². The number of sulfonamides is 1. The third-order valence-electron chi connectivity index (χ3n) is 4.36. The maximum atomic E-state index is 12.4. The third kappa shape index (κ3) is 5.65. The van der Waals surface area contributed by atoms with Crippen molar-refractivity contribution in [3.8, 4) is 0 Å². The number of nitrogens with one attached hydrogen (secondary N) is 2. The van der Waals surface area contributed by atoms with Gasteiger partial charge in [-0.3, -0.25) is 4.79 Å². The summed E-state index contributed by atoms with van der Waals surface area (Å²) in [5.74, 6) is -0.223. The summed E-state index contributed by atoms with van der Waals surface area (Å²) < 4.78 is 31.4. The molecule has 2 rings (SSSR count). The fourth-order valence-corrected chi connectivity index (χ4v) is 3.90. The van der Waals surface area contributed by atoms with Crippen LogP contribution in [-0.2, 0) is 14.8 Å². The summed E-state index contributed by atoms with van der Waals surface area (Å²) in [7, 11) is -2.10. The van der Waals surface area contributed by atoms with Gasteiger partial charge < -0.3 is 15.8 Å². The highest BCUT2D eigenvalue weighted by molar-refractivity contribution is 7.89. The predicted octanol–water partition coefficient (Wildman–Crippen LogP) is 1.03. The molecule has 1 aliphatic carbocycles. The molecule has 7 nitrogen and oxygen atoms in total. The van der Waals surface area contributed by atoms with Crippen molar-refractivity contribution < 1.29 is 17.9 Å². The second kappa shape index (κ2) is 9.49. The molecule has 0 atom stereocenters. The molecule has 1 amide bonds. The largest absolute Gasteiger partial charge is 0.383 e. The molecule has 0 aromatic heterocycles. The average molecular weight is 392 g/mol. The molecule has 1 aromatic rings. The van der Waals surface area contributed by atoms with E-state index in [1.165, 1.54) is 31.4 Å². The molecular weight excluding hydrogens is 366 g/mol. The highest BCUT2D eigenvalue weighted by Crippen LogP contribution is 2.29. The van der Waals surface area contributed by atoms with Crippen LogP contribution < -0.4 is 15.8 Å². The molecule has 1 aromatic carbocycles. The Balaban J connectivity index is 0.00000312. The van der Waals surface area contributed by atoms with Crippen molar-refractivity contribution in [3.05, 3.63) is 29.8 Å². The number of carbonyl (C=O) groups is 1. The van der Waals surface area contributed by atoms with Crippen LogP contribution in [0.5, 0.6) is 0 Å². The second-order valence-corrected chi connectivity index (χ2v) is 7.83. The molecule has 1 fully saturated rings. The Hall–Kier alpha value is -1.19. The molecule has 0 aliphatic heterocycles. The Kier molecular flexibility index (Phi) is 8.30. The molecule has 0 heterocycles. The van der Waals surface area contributed by atoms with Gasteiger partial charge in [0.2, 0.25) is 10.0 Å². The van der Waals surface area contributed by atoms with Crippen molar-refractivity contribution in [1.82, 2.24) is 10.0 Å². The number of nitrogens with two attached hydrogens (primary N) is 1. The van der Waals surface area contributed by atoms with E-state index in [2.05, 4.69) is 10.0 Å². The monoisotopic (exact) mass is 391 g/mol. The van der Waals surface area contributed by atoms with Crippen molar-refractivity contribution in [2.45, 2.75) is 36.1 Å². The van der Waals surface area contributed by atoms with Crippen LogP contribution in [0.4, 0.5) is 0 Å². The van der Waals surface area contributed by atoms with E-state index in [-0.39, 0.29) is 35.3 Å². The number of halogens is 1. The number of ether oxygens (including phenoxy) is 1. The second-order valence-electron chi connectivity index (χ2n) is 6.06.